The molecule has 0 aliphatic carbocycles. The second-order valence-corrected chi connectivity index (χ2v) is 4.64. The highest BCUT2D eigenvalue weighted by Crippen LogP contribution is 2.25. The Morgan fingerprint density at radius 2 is 2.17 bits per heavy atom. The van der Waals surface area contributed by atoms with Gasteiger partial charge < -0.3 is 4.98 Å². The number of halogens is 1. The molecular formula is C12H8FN3OS. The van der Waals surface area contributed by atoms with Gasteiger partial charge in [0.2, 0.25) is 0 Å². The maximum Gasteiger partial charge on any atom is 0.251 e. The largest absolute Gasteiger partial charge is 0.301 e. The number of nitrogens with one attached hydrogen (secondary N) is 1. The normalized spacial score (nSPS) is 10.1. The van der Waals surface area contributed by atoms with Crippen molar-refractivity contribution in [1.82, 2.24) is 9.97 Å². The van der Waals surface area contributed by atoms with Crippen molar-refractivity contribution in [3.8, 4) is 6.07 Å². The number of rotatable bonds is 2. The van der Waals surface area contributed by atoms with Gasteiger partial charge >= 0.3 is 0 Å². The SMILES string of the molecule is Cc1cc(=O)[nH]c(Sc2cc(F)cc(C#N)c2)n1. The Balaban J connectivity index is 2.37. The summed E-state index contributed by atoms with van der Waals surface area (Å²) in [6.07, 6.45) is 0. The number of benzene rings is 1. The van der Waals surface area contributed by atoms with Crippen LogP contribution < -0.4 is 5.56 Å². The number of aromatic amines is 1. The molecule has 0 amide bonds. The lowest BCUT2D eigenvalue weighted by atomic mass is 10.2. The van der Waals surface area contributed by atoms with Crippen LogP contribution in [0.4, 0.5) is 4.39 Å². The molecule has 4 nitrogen and oxygen atoms in total. The Morgan fingerprint density at radius 1 is 1.39 bits per heavy atom. The Hall–Kier alpha value is -2.13. The molecule has 2 aromatic rings. The van der Waals surface area contributed by atoms with Crippen LogP contribution in [0.2, 0.25) is 0 Å². The first-order chi connectivity index (χ1) is 8.56. The molecule has 0 radical (unpaired) electrons. The average Bonchev–Trinajstić information content (AvgIpc) is 2.26. The van der Waals surface area contributed by atoms with Gasteiger partial charge in [-0.3, -0.25) is 4.79 Å². The third kappa shape index (κ3) is 2.96. The maximum absolute atomic E-state index is 13.2. The van der Waals surface area contributed by atoms with E-state index in [2.05, 4.69) is 9.97 Å². The summed E-state index contributed by atoms with van der Waals surface area (Å²) >= 11 is 1.10. The van der Waals surface area contributed by atoms with Gasteiger partial charge in [0.05, 0.1) is 11.6 Å². The van der Waals surface area contributed by atoms with Crippen LogP contribution in [0.1, 0.15) is 11.3 Å². The number of nitrogens with zero attached hydrogens (tertiary/aromatic N) is 2. The lowest BCUT2D eigenvalue weighted by Crippen LogP contribution is -2.07. The number of nitriles is 1. The molecule has 0 bridgehead atoms. The molecule has 0 aliphatic rings. The van der Waals surface area contributed by atoms with Crippen molar-refractivity contribution in [3.63, 3.8) is 0 Å². The van der Waals surface area contributed by atoms with Crippen molar-refractivity contribution in [2.45, 2.75) is 17.0 Å². The van der Waals surface area contributed by atoms with Crippen molar-refractivity contribution in [1.29, 1.82) is 5.26 Å². The summed E-state index contributed by atoms with van der Waals surface area (Å²) in [5, 5.41) is 9.11. The fourth-order valence-electron chi connectivity index (χ4n) is 1.40. The molecule has 0 spiro atoms. The highest BCUT2D eigenvalue weighted by Gasteiger charge is 2.05. The van der Waals surface area contributed by atoms with E-state index in [4.69, 9.17) is 5.26 Å². The van der Waals surface area contributed by atoms with E-state index in [-0.39, 0.29) is 11.1 Å². The smallest absolute Gasteiger partial charge is 0.251 e. The van der Waals surface area contributed by atoms with Gasteiger partial charge in [0.1, 0.15) is 5.82 Å². The zero-order valence-electron chi connectivity index (χ0n) is 9.40. The molecule has 1 aromatic carbocycles. The molecule has 1 heterocycles. The second kappa shape index (κ2) is 5.02. The van der Waals surface area contributed by atoms with Crippen LogP contribution in [-0.4, -0.2) is 9.97 Å². The fourth-order valence-corrected chi connectivity index (χ4v) is 2.32. The van der Waals surface area contributed by atoms with Gasteiger partial charge in [-0.2, -0.15) is 5.26 Å². The summed E-state index contributed by atoms with van der Waals surface area (Å²) in [7, 11) is 0. The second-order valence-electron chi connectivity index (χ2n) is 3.58. The Morgan fingerprint density at radius 3 is 2.83 bits per heavy atom. The van der Waals surface area contributed by atoms with E-state index in [1.54, 1.807) is 6.92 Å². The van der Waals surface area contributed by atoms with E-state index in [1.807, 2.05) is 6.07 Å². The molecule has 6 heteroatoms. The van der Waals surface area contributed by atoms with E-state index < -0.39 is 5.82 Å². The third-order valence-electron chi connectivity index (χ3n) is 2.06. The maximum atomic E-state index is 13.2. The van der Waals surface area contributed by atoms with Crippen LogP contribution in [0, 0.1) is 24.1 Å². The highest BCUT2D eigenvalue weighted by atomic mass is 32.2. The Labute approximate surface area is 107 Å². The molecule has 0 saturated heterocycles. The minimum atomic E-state index is -0.494. The van der Waals surface area contributed by atoms with Crippen LogP contribution >= 0.6 is 11.8 Å². The van der Waals surface area contributed by atoms with Crippen molar-refractivity contribution < 1.29 is 4.39 Å². The van der Waals surface area contributed by atoms with Crippen LogP contribution in [0.3, 0.4) is 0 Å². The number of H-pyrrole nitrogens is 1. The number of aromatic nitrogens is 2. The van der Waals surface area contributed by atoms with Gasteiger partial charge in [-0.25, -0.2) is 9.37 Å². The summed E-state index contributed by atoms with van der Waals surface area (Å²) in [5.74, 6) is -0.494. The Kier molecular flexibility index (Phi) is 3.44. The fraction of sp³-hybridized carbons (Fsp3) is 0.0833. The topological polar surface area (TPSA) is 69.5 Å². The number of hydrogen-bond acceptors (Lipinski definition) is 4. The van der Waals surface area contributed by atoms with E-state index >= 15 is 0 Å². The summed E-state index contributed by atoms with van der Waals surface area (Å²) in [4.78, 5) is 18.4. The van der Waals surface area contributed by atoms with Crippen molar-refractivity contribution in [2.75, 3.05) is 0 Å². The molecule has 2 rings (SSSR count). The third-order valence-corrected chi connectivity index (χ3v) is 2.92. The first kappa shape index (κ1) is 12.3. The predicted octanol–water partition coefficient (Wildman–Crippen LogP) is 2.24. The van der Waals surface area contributed by atoms with Gasteiger partial charge in [0.15, 0.2) is 5.16 Å². The number of hydrogen-bond donors (Lipinski definition) is 1. The van der Waals surface area contributed by atoms with Crippen LogP contribution in [0.5, 0.6) is 0 Å². The zero-order chi connectivity index (χ0) is 13.1. The molecular weight excluding hydrogens is 253 g/mol. The van der Waals surface area contributed by atoms with Gasteiger partial charge in [-0.1, -0.05) is 11.8 Å². The zero-order valence-corrected chi connectivity index (χ0v) is 10.2. The first-order valence-electron chi connectivity index (χ1n) is 5.03. The molecule has 1 aromatic heterocycles. The molecule has 18 heavy (non-hydrogen) atoms. The molecule has 0 unspecified atom stereocenters. The average molecular weight is 261 g/mol. The van der Waals surface area contributed by atoms with E-state index in [9.17, 15) is 9.18 Å². The number of aryl methyl sites for hydroxylation is 1. The molecule has 0 fully saturated rings. The quantitative estimate of drug-likeness (QED) is 0.842. The van der Waals surface area contributed by atoms with Crippen molar-refractivity contribution in [2.24, 2.45) is 0 Å². The minimum Gasteiger partial charge on any atom is -0.301 e. The minimum absolute atomic E-state index is 0.229. The summed E-state index contributed by atoms with van der Waals surface area (Å²) < 4.78 is 13.2. The lowest BCUT2D eigenvalue weighted by molar-refractivity contribution is 0.623. The van der Waals surface area contributed by atoms with E-state index in [0.29, 0.717) is 15.7 Å². The monoisotopic (exact) mass is 261 g/mol. The standard InChI is InChI=1S/C12H8FN3OS/c1-7-2-11(17)16-12(15-7)18-10-4-8(6-14)3-9(13)5-10/h2-5H,1H3,(H,15,16,17). The highest BCUT2D eigenvalue weighted by molar-refractivity contribution is 7.99. The van der Waals surface area contributed by atoms with Gasteiger partial charge in [0, 0.05) is 16.7 Å². The molecule has 90 valence electrons. The van der Waals surface area contributed by atoms with Crippen LogP contribution in [0.25, 0.3) is 0 Å². The predicted molar refractivity (Wildman–Crippen MR) is 64.8 cm³/mol. The van der Waals surface area contributed by atoms with Crippen molar-refractivity contribution in [3.05, 3.63) is 51.7 Å². The van der Waals surface area contributed by atoms with Gasteiger partial charge in [0.25, 0.3) is 5.56 Å². The molecule has 0 atom stereocenters. The van der Waals surface area contributed by atoms with Gasteiger partial charge in [-0.05, 0) is 25.1 Å². The lowest BCUT2D eigenvalue weighted by Gasteiger charge is -2.02. The van der Waals surface area contributed by atoms with Gasteiger partial charge in [-0.15, -0.1) is 0 Å². The summed E-state index contributed by atoms with van der Waals surface area (Å²) in [6.45, 7) is 1.70. The van der Waals surface area contributed by atoms with Crippen molar-refractivity contribution >= 4 is 11.8 Å². The summed E-state index contributed by atoms with van der Waals surface area (Å²) in [6, 6.07) is 7.22. The van der Waals surface area contributed by atoms with E-state index in [1.165, 1.54) is 18.2 Å². The van der Waals surface area contributed by atoms with Crippen LogP contribution in [-0.2, 0) is 0 Å². The summed E-state index contributed by atoms with van der Waals surface area (Å²) in [5.41, 5.74) is 0.549. The Bertz CT molecular complexity index is 690. The van der Waals surface area contributed by atoms with E-state index in [0.717, 1.165) is 17.8 Å². The van der Waals surface area contributed by atoms with Crippen LogP contribution in [0.15, 0.2) is 39.1 Å². The molecule has 0 aliphatic heterocycles. The molecule has 1 N–H and O–H groups in total. The molecule has 0 saturated carbocycles. The first-order valence-corrected chi connectivity index (χ1v) is 5.85.